The van der Waals surface area contributed by atoms with Gasteiger partial charge in [0.05, 0.1) is 18.8 Å². The van der Waals surface area contributed by atoms with Gasteiger partial charge in [-0.1, -0.05) is 18.2 Å². The number of carbonyl (C=O) groups excluding carboxylic acids is 1. The topological polar surface area (TPSA) is 53.0 Å². The summed E-state index contributed by atoms with van der Waals surface area (Å²) in [5.41, 5.74) is 0.936. The number of likely N-dealkylation sites (N-methyl/N-ethyl adjacent to an activating group) is 1. The zero-order valence-corrected chi connectivity index (χ0v) is 12.0. The zero-order chi connectivity index (χ0) is 14.5. The summed E-state index contributed by atoms with van der Waals surface area (Å²) in [6.45, 7) is 1.44. The largest absolute Gasteiger partial charge is 0.389 e. The Kier molecular flexibility index (Phi) is 5.11. The Morgan fingerprint density at radius 2 is 2.15 bits per heavy atom. The van der Waals surface area contributed by atoms with Crippen molar-refractivity contribution in [1.82, 2.24) is 4.90 Å². The van der Waals surface area contributed by atoms with E-state index in [1.54, 1.807) is 7.11 Å². The molecule has 1 aliphatic rings. The number of aliphatic hydroxyl groups excluding tert-OH is 1. The first kappa shape index (κ1) is 15.0. The molecule has 0 aliphatic carbocycles. The van der Waals surface area contributed by atoms with E-state index in [0.29, 0.717) is 6.54 Å². The maximum atomic E-state index is 12.5. The third kappa shape index (κ3) is 3.36. The number of hydrogen-bond donors (Lipinski definition) is 1. The van der Waals surface area contributed by atoms with Gasteiger partial charge in [-0.15, -0.1) is 0 Å². The summed E-state index contributed by atoms with van der Waals surface area (Å²) < 4.78 is 4.91. The lowest BCUT2D eigenvalue weighted by molar-refractivity contribution is -0.121. The van der Waals surface area contributed by atoms with Crippen LogP contribution in [0.5, 0.6) is 0 Å². The molecule has 1 aromatic rings. The van der Waals surface area contributed by atoms with Gasteiger partial charge in [-0.25, -0.2) is 0 Å². The molecule has 1 aliphatic heterocycles. The first-order valence-corrected chi connectivity index (χ1v) is 6.87. The van der Waals surface area contributed by atoms with Crippen molar-refractivity contribution in [3.63, 3.8) is 0 Å². The lowest BCUT2D eigenvalue weighted by Gasteiger charge is -2.25. The van der Waals surface area contributed by atoms with Crippen LogP contribution in [0.2, 0.25) is 0 Å². The summed E-state index contributed by atoms with van der Waals surface area (Å²) >= 11 is 0. The molecule has 1 fully saturated rings. The van der Waals surface area contributed by atoms with Crippen molar-refractivity contribution in [2.75, 3.05) is 38.8 Å². The minimum Gasteiger partial charge on any atom is -0.389 e. The van der Waals surface area contributed by atoms with E-state index in [2.05, 4.69) is 0 Å². The van der Waals surface area contributed by atoms with Crippen LogP contribution in [-0.4, -0.2) is 61.9 Å². The number of rotatable bonds is 6. The van der Waals surface area contributed by atoms with Crippen molar-refractivity contribution in [2.24, 2.45) is 0 Å². The monoisotopic (exact) mass is 278 g/mol. The molecule has 20 heavy (non-hydrogen) atoms. The second-order valence-corrected chi connectivity index (χ2v) is 5.18. The molecule has 0 bridgehead atoms. The number of amides is 1. The standard InChI is InChI=1S/C15H22N2O3/c1-16(10-13(18)11-20-2)14-8-9-17(15(14)19)12-6-4-3-5-7-12/h3-7,13-14,18H,8-11H2,1-2H3/t13-,14+/m1/s1. The third-order valence-corrected chi connectivity index (χ3v) is 3.63. The summed E-state index contributed by atoms with van der Waals surface area (Å²) in [5, 5.41) is 9.76. The molecular formula is C15H22N2O3. The van der Waals surface area contributed by atoms with Crippen molar-refractivity contribution < 1.29 is 14.6 Å². The fourth-order valence-corrected chi connectivity index (χ4v) is 2.64. The first-order chi connectivity index (χ1) is 9.63. The number of nitrogens with zero attached hydrogens (tertiary/aromatic N) is 2. The van der Waals surface area contributed by atoms with E-state index < -0.39 is 6.10 Å². The molecule has 1 N–H and O–H groups in total. The van der Waals surface area contributed by atoms with Gasteiger partial charge in [0, 0.05) is 25.9 Å². The molecule has 1 saturated heterocycles. The first-order valence-electron chi connectivity index (χ1n) is 6.87. The second-order valence-electron chi connectivity index (χ2n) is 5.18. The van der Waals surface area contributed by atoms with Crippen LogP contribution in [0.15, 0.2) is 30.3 Å². The van der Waals surface area contributed by atoms with Crippen molar-refractivity contribution in [3.8, 4) is 0 Å². The molecule has 1 heterocycles. The van der Waals surface area contributed by atoms with E-state index in [9.17, 15) is 9.90 Å². The molecule has 2 atom stereocenters. The van der Waals surface area contributed by atoms with Crippen molar-refractivity contribution >= 4 is 11.6 Å². The molecule has 2 rings (SSSR count). The third-order valence-electron chi connectivity index (χ3n) is 3.63. The fourth-order valence-electron chi connectivity index (χ4n) is 2.64. The highest BCUT2D eigenvalue weighted by atomic mass is 16.5. The van der Waals surface area contributed by atoms with Gasteiger partial charge in [-0.2, -0.15) is 0 Å². The van der Waals surface area contributed by atoms with Gasteiger partial charge >= 0.3 is 0 Å². The van der Waals surface area contributed by atoms with Gasteiger partial charge in [-0.3, -0.25) is 9.69 Å². The molecule has 5 nitrogen and oxygen atoms in total. The molecule has 0 unspecified atom stereocenters. The van der Waals surface area contributed by atoms with Gasteiger partial charge in [0.2, 0.25) is 5.91 Å². The van der Waals surface area contributed by atoms with Crippen molar-refractivity contribution in [3.05, 3.63) is 30.3 Å². The van der Waals surface area contributed by atoms with Gasteiger partial charge in [0.25, 0.3) is 0 Å². The second kappa shape index (κ2) is 6.83. The average Bonchev–Trinajstić information content (AvgIpc) is 2.82. The predicted octanol–water partition coefficient (Wildman–Crippen LogP) is 0.731. The molecule has 0 radical (unpaired) electrons. The average molecular weight is 278 g/mol. The highest BCUT2D eigenvalue weighted by Crippen LogP contribution is 2.23. The molecule has 1 amide bonds. The lowest BCUT2D eigenvalue weighted by atomic mass is 10.2. The summed E-state index contributed by atoms with van der Waals surface area (Å²) in [4.78, 5) is 16.2. The van der Waals surface area contributed by atoms with Gasteiger partial charge in [0.1, 0.15) is 0 Å². The van der Waals surface area contributed by atoms with Crippen LogP contribution in [0, 0.1) is 0 Å². The SMILES string of the molecule is COC[C@H](O)CN(C)[C@H]1CCN(c2ccccc2)C1=O. The Morgan fingerprint density at radius 3 is 2.80 bits per heavy atom. The van der Waals surface area contributed by atoms with Crippen LogP contribution >= 0.6 is 0 Å². The number of carbonyl (C=O) groups is 1. The Balaban J connectivity index is 1.97. The maximum absolute atomic E-state index is 12.5. The fraction of sp³-hybridized carbons (Fsp3) is 0.533. The summed E-state index contributed by atoms with van der Waals surface area (Å²) in [6, 6.07) is 9.53. The van der Waals surface area contributed by atoms with Gasteiger partial charge in [0.15, 0.2) is 0 Å². The van der Waals surface area contributed by atoms with Crippen molar-refractivity contribution in [2.45, 2.75) is 18.6 Å². The molecule has 0 spiro atoms. The minimum absolute atomic E-state index is 0.100. The van der Waals surface area contributed by atoms with E-state index >= 15 is 0 Å². The van der Waals surface area contributed by atoms with Crippen LogP contribution < -0.4 is 4.90 Å². The Labute approximate surface area is 119 Å². The lowest BCUT2D eigenvalue weighted by Crippen LogP contribution is -2.43. The van der Waals surface area contributed by atoms with E-state index in [0.717, 1.165) is 18.7 Å². The minimum atomic E-state index is -0.566. The van der Waals surface area contributed by atoms with Gasteiger partial charge in [-0.05, 0) is 25.6 Å². The van der Waals surface area contributed by atoms with Crippen LogP contribution in [0.4, 0.5) is 5.69 Å². The zero-order valence-electron chi connectivity index (χ0n) is 12.0. The molecule has 5 heteroatoms. The normalized spacial score (nSPS) is 20.7. The van der Waals surface area contributed by atoms with E-state index in [1.807, 2.05) is 47.2 Å². The summed E-state index contributed by atoms with van der Waals surface area (Å²) in [5.74, 6) is 0.100. The van der Waals surface area contributed by atoms with Crippen LogP contribution in [0.3, 0.4) is 0 Å². The molecule has 1 aromatic carbocycles. The number of ether oxygens (including phenoxy) is 1. The number of aliphatic hydroxyl groups is 1. The Morgan fingerprint density at radius 1 is 1.45 bits per heavy atom. The number of benzene rings is 1. The van der Waals surface area contributed by atoms with Crippen LogP contribution in [-0.2, 0) is 9.53 Å². The maximum Gasteiger partial charge on any atom is 0.244 e. The number of methoxy groups -OCH3 is 1. The Bertz CT molecular complexity index is 438. The Hall–Kier alpha value is -1.43. The predicted molar refractivity (Wildman–Crippen MR) is 77.7 cm³/mol. The number of hydrogen-bond acceptors (Lipinski definition) is 4. The van der Waals surface area contributed by atoms with Gasteiger partial charge < -0.3 is 14.7 Å². The van der Waals surface area contributed by atoms with E-state index in [-0.39, 0.29) is 18.6 Å². The molecule has 110 valence electrons. The van der Waals surface area contributed by atoms with Crippen LogP contribution in [0.25, 0.3) is 0 Å². The van der Waals surface area contributed by atoms with E-state index in [1.165, 1.54) is 0 Å². The van der Waals surface area contributed by atoms with E-state index in [4.69, 9.17) is 4.74 Å². The highest BCUT2D eigenvalue weighted by molar-refractivity contribution is 5.99. The summed E-state index contributed by atoms with van der Waals surface area (Å²) in [7, 11) is 3.43. The summed E-state index contributed by atoms with van der Waals surface area (Å²) in [6.07, 6.45) is 0.216. The number of para-hydroxylation sites is 1. The highest BCUT2D eigenvalue weighted by Gasteiger charge is 2.35. The number of anilines is 1. The van der Waals surface area contributed by atoms with Crippen molar-refractivity contribution in [1.29, 1.82) is 0 Å². The quantitative estimate of drug-likeness (QED) is 0.833. The molecule has 0 aromatic heterocycles. The van der Waals surface area contributed by atoms with Crippen LogP contribution in [0.1, 0.15) is 6.42 Å². The molecule has 0 saturated carbocycles. The smallest absolute Gasteiger partial charge is 0.244 e. The molecular weight excluding hydrogens is 256 g/mol.